The number of hydrogen-bond donors (Lipinski definition) is 1. The third-order valence-corrected chi connectivity index (χ3v) is 10.8. The zero-order valence-electron chi connectivity index (χ0n) is 35.2. The molecule has 10 rings (SSSR count). The number of para-hydroxylation sites is 2. The predicted molar refractivity (Wildman–Crippen MR) is 242 cm³/mol. The van der Waals surface area contributed by atoms with Gasteiger partial charge in [-0.2, -0.15) is 0 Å². The Hall–Kier alpha value is -7.13. The second-order valence-corrected chi connectivity index (χ2v) is 14.5. The van der Waals surface area contributed by atoms with E-state index in [1.165, 1.54) is 5.56 Å². The number of pyridine rings is 1. The Kier molecular flexibility index (Phi) is 9.66. The van der Waals surface area contributed by atoms with E-state index in [1.54, 1.807) is 18.2 Å². The first-order valence-electron chi connectivity index (χ1n) is 21.0. The maximum absolute atomic E-state index is 11.3. The molecule has 0 fully saturated rings. The van der Waals surface area contributed by atoms with Gasteiger partial charge in [0.2, 0.25) is 0 Å². The Labute approximate surface area is 368 Å². The second kappa shape index (κ2) is 16.6. The molecule has 0 saturated carbocycles. The third kappa shape index (κ3) is 7.39. The standard InChI is InChI=1S/C55H38N3O.Pt/c1-37-32-47(28-29-48(37)42-18-9-4-10-19-42)58-52-22-13-21-49(54(52)57-55(58)50-20-11-12-23-53(50)59)45-33-44(39-16-7-3-8-17-39)34-46(35-45)51-36-43(30-31-56-51)41-26-24-40(25-27-41)38-14-5-2-6-15-38;/h2-34,36,59H,1H3;/q-1;/i1D3;. The van der Waals surface area contributed by atoms with E-state index in [-0.39, 0.29) is 32.4 Å². The number of rotatable bonds is 8. The van der Waals surface area contributed by atoms with Crippen LogP contribution in [0.4, 0.5) is 0 Å². The minimum atomic E-state index is -2.40. The van der Waals surface area contributed by atoms with E-state index in [4.69, 9.17) is 14.1 Å². The van der Waals surface area contributed by atoms with Crippen molar-refractivity contribution in [1.82, 2.24) is 14.5 Å². The van der Waals surface area contributed by atoms with Gasteiger partial charge in [0.05, 0.1) is 16.6 Å². The molecular weight excluding hydrogens is 914 g/mol. The third-order valence-electron chi connectivity index (χ3n) is 10.8. The number of aryl methyl sites for hydroxylation is 1. The van der Waals surface area contributed by atoms with Gasteiger partial charge in [-0.3, -0.25) is 9.55 Å². The summed E-state index contributed by atoms with van der Waals surface area (Å²) >= 11 is 0. The number of fused-ring (bicyclic) bond motifs is 1. The van der Waals surface area contributed by atoms with E-state index in [9.17, 15) is 5.11 Å². The average molecular weight is 955 g/mol. The molecule has 60 heavy (non-hydrogen) atoms. The molecule has 2 aromatic heterocycles. The molecule has 0 atom stereocenters. The summed E-state index contributed by atoms with van der Waals surface area (Å²) in [5.74, 6) is 0.532. The molecule has 5 heteroatoms. The van der Waals surface area contributed by atoms with Crippen LogP contribution in [-0.4, -0.2) is 19.6 Å². The molecule has 0 spiro atoms. The van der Waals surface area contributed by atoms with E-state index in [0.717, 1.165) is 61.3 Å². The predicted octanol–water partition coefficient (Wildman–Crippen LogP) is 13.9. The number of phenols is 1. The van der Waals surface area contributed by atoms with Crippen molar-refractivity contribution < 1.29 is 30.3 Å². The van der Waals surface area contributed by atoms with Gasteiger partial charge in [-0.15, -0.1) is 23.8 Å². The van der Waals surface area contributed by atoms with E-state index in [1.807, 2.05) is 126 Å². The van der Waals surface area contributed by atoms with Crippen molar-refractivity contribution >= 4 is 11.0 Å². The molecule has 0 bridgehead atoms. The summed E-state index contributed by atoms with van der Waals surface area (Å²) in [7, 11) is 0. The fourth-order valence-corrected chi connectivity index (χ4v) is 7.86. The monoisotopic (exact) mass is 954 g/mol. The van der Waals surface area contributed by atoms with Gasteiger partial charge in [0.15, 0.2) is 0 Å². The molecule has 0 unspecified atom stereocenters. The van der Waals surface area contributed by atoms with Crippen molar-refractivity contribution in [1.29, 1.82) is 0 Å². The van der Waals surface area contributed by atoms with Gasteiger partial charge in [0.25, 0.3) is 0 Å². The van der Waals surface area contributed by atoms with E-state index < -0.39 is 6.85 Å². The minimum Gasteiger partial charge on any atom is -0.507 e. The zero-order valence-corrected chi connectivity index (χ0v) is 34.5. The molecule has 0 amide bonds. The normalized spacial score (nSPS) is 12.0. The van der Waals surface area contributed by atoms with Gasteiger partial charge in [0.1, 0.15) is 11.6 Å². The van der Waals surface area contributed by atoms with Gasteiger partial charge in [0, 0.05) is 42.8 Å². The molecule has 0 radical (unpaired) electrons. The van der Waals surface area contributed by atoms with Gasteiger partial charge in [-0.1, -0.05) is 168 Å². The average Bonchev–Trinajstić information content (AvgIpc) is 3.72. The number of benzene rings is 8. The molecule has 1 N–H and O–H groups in total. The maximum Gasteiger partial charge on any atom is 0.148 e. The molecule has 0 aliphatic carbocycles. The topological polar surface area (TPSA) is 50.9 Å². The van der Waals surface area contributed by atoms with Crippen LogP contribution >= 0.6 is 0 Å². The molecule has 10 aromatic rings. The van der Waals surface area contributed by atoms with Crippen LogP contribution in [0.2, 0.25) is 0 Å². The first kappa shape index (κ1) is 34.9. The Morgan fingerprint density at radius 3 is 1.80 bits per heavy atom. The van der Waals surface area contributed by atoms with Crippen LogP contribution in [-0.2, 0) is 21.1 Å². The Balaban J connectivity index is 0.00000504. The van der Waals surface area contributed by atoms with Crippen LogP contribution in [0.3, 0.4) is 0 Å². The van der Waals surface area contributed by atoms with Crippen molar-refractivity contribution in [3.05, 3.63) is 218 Å². The maximum atomic E-state index is 11.3. The van der Waals surface area contributed by atoms with E-state index in [0.29, 0.717) is 28.2 Å². The number of phenolic OH excluding ortho intramolecular Hbond substituents is 1. The number of aromatic hydroxyl groups is 1. The molecular formula is C55H38N3OPt-. The summed E-state index contributed by atoms with van der Waals surface area (Å²) in [6.45, 7) is -2.40. The van der Waals surface area contributed by atoms with Gasteiger partial charge < -0.3 is 5.11 Å². The van der Waals surface area contributed by atoms with E-state index >= 15 is 0 Å². The largest absolute Gasteiger partial charge is 0.507 e. The van der Waals surface area contributed by atoms with Crippen LogP contribution in [0, 0.1) is 12.9 Å². The molecule has 8 aromatic carbocycles. The van der Waals surface area contributed by atoms with Crippen LogP contribution in [0.25, 0.3) is 95.0 Å². The number of hydrogen-bond acceptors (Lipinski definition) is 3. The molecule has 0 saturated heterocycles. The van der Waals surface area contributed by atoms with E-state index in [2.05, 4.69) is 72.8 Å². The number of aromatic nitrogens is 3. The minimum absolute atomic E-state index is 0. The first-order chi connectivity index (χ1) is 30.3. The molecule has 2 heterocycles. The Morgan fingerprint density at radius 1 is 0.500 bits per heavy atom. The summed E-state index contributed by atoms with van der Waals surface area (Å²) in [4.78, 5) is 10.2. The molecule has 0 aliphatic rings. The number of nitrogens with zero attached hydrogens (tertiary/aromatic N) is 3. The van der Waals surface area contributed by atoms with Gasteiger partial charge in [-0.05, 0) is 87.8 Å². The molecule has 0 aliphatic heterocycles. The quantitative estimate of drug-likeness (QED) is 0.154. The summed E-state index contributed by atoms with van der Waals surface area (Å²) in [6, 6.07) is 69.4. The van der Waals surface area contributed by atoms with Crippen LogP contribution < -0.4 is 0 Å². The van der Waals surface area contributed by atoms with Gasteiger partial charge in [-0.25, -0.2) is 4.98 Å². The fraction of sp³-hybridized carbons (Fsp3) is 0.0182. The fourth-order valence-electron chi connectivity index (χ4n) is 7.86. The second-order valence-electron chi connectivity index (χ2n) is 14.5. The Morgan fingerprint density at radius 2 is 1.10 bits per heavy atom. The Bertz CT molecular complexity index is 3220. The SMILES string of the molecule is [2H]C([2H])([2H])c1cc(-n2c(-c3ccccc3O)nc3c(-c4[c-]c(-c5cc(-c6ccc(-c7ccccc7)cc6)ccn5)cc(-c5ccccc5)c4)cccc32)ccc1-c1ccccc1.[Pt]. The molecule has 290 valence electrons. The number of imidazole rings is 1. The zero-order chi connectivity index (χ0) is 42.2. The summed E-state index contributed by atoms with van der Waals surface area (Å²) in [5, 5.41) is 11.3. The summed E-state index contributed by atoms with van der Waals surface area (Å²) in [5.41, 5.74) is 13.9. The van der Waals surface area contributed by atoms with Crippen molar-refractivity contribution in [2.45, 2.75) is 6.85 Å². The van der Waals surface area contributed by atoms with Crippen molar-refractivity contribution in [2.24, 2.45) is 0 Å². The van der Waals surface area contributed by atoms with Crippen molar-refractivity contribution in [2.75, 3.05) is 0 Å². The first-order valence-corrected chi connectivity index (χ1v) is 19.5. The van der Waals surface area contributed by atoms with Gasteiger partial charge >= 0.3 is 0 Å². The smallest absolute Gasteiger partial charge is 0.148 e. The van der Waals surface area contributed by atoms with Crippen LogP contribution in [0.1, 0.15) is 9.68 Å². The molecule has 4 nitrogen and oxygen atoms in total. The summed E-state index contributed by atoms with van der Waals surface area (Å²) < 4.78 is 27.7. The van der Waals surface area contributed by atoms with Crippen molar-refractivity contribution in [3.8, 4) is 89.7 Å². The summed E-state index contributed by atoms with van der Waals surface area (Å²) in [6.07, 6.45) is 1.84. The van der Waals surface area contributed by atoms with Crippen LogP contribution in [0.5, 0.6) is 5.75 Å². The van der Waals surface area contributed by atoms with Crippen LogP contribution in [0.15, 0.2) is 206 Å². The van der Waals surface area contributed by atoms with Crippen molar-refractivity contribution in [3.63, 3.8) is 0 Å².